The summed E-state index contributed by atoms with van der Waals surface area (Å²) in [6, 6.07) is 47.7. The number of oxazole rings is 1. The van der Waals surface area contributed by atoms with E-state index in [1.54, 1.807) is 146 Å². The number of rotatable bonds is 26. The van der Waals surface area contributed by atoms with E-state index in [9.17, 15) is 82.7 Å². The lowest BCUT2D eigenvalue weighted by Crippen LogP contribution is -2.42. The van der Waals surface area contributed by atoms with Crippen molar-refractivity contribution in [1.82, 2.24) is 38.4 Å². The first-order valence-electron chi connectivity index (χ1n) is 41.8. The second-order valence-corrected chi connectivity index (χ2v) is 35.6. The van der Waals surface area contributed by atoms with Gasteiger partial charge in [0.05, 0.1) is 57.4 Å². The number of halogens is 10. The van der Waals surface area contributed by atoms with Gasteiger partial charge in [-0.15, -0.1) is 12.4 Å². The third-order valence-electron chi connectivity index (χ3n) is 22.0. The second kappa shape index (κ2) is 51.9. The van der Waals surface area contributed by atoms with E-state index in [-0.39, 0.29) is 194 Å². The number of carbonyl (C=O) groups is 10. The number of aryl methyl sites for hydroxylation is 4. The lowest BCUT2D eigenvalue weighted by molar-refractivity contribution is -0.155. The van der Waals surface area contributed by atoms with E-state index < -0.39 is 81.4 Å². The van der Waals surface area contributed by atoms with Gasteiger partial charge in [-0.3, -0.25) is 47.9 Å². The third kappa shape index (κ3) is 29.6. The van der Waals surface area contributed by atoms with Crippen LogP contribution >= 0.6 is 47.2 Å². The summed E-state index contributed by atoms with van der Waals surface area (Å²) >= 11 is 17.3. The molecular weight excluding hydrogens is 1880 g/mol. The number of nitrogens with one attached hydrogen (secondary N) is 1. The number of aromatic nitrogens is 5. The van der Waals surface area contributed by atoms with Crippen molar-refractivity contribution in [3.05, 3.63) is 290 Å². The lowest BCUT2D eigenvalue weighted by atomic mass is 10.0. The van der Waals surface area contributed by atoms with Crippen LogP contribution in [0, 0.1) is 30.9 Å². The van der Waals surface area contributed by atoms with Crippen LogP contribution in [-0.4, -0.2) is 174 Å². The zero-order valence-corrected chi connectivity index (χ0v) is 76.4. The number of carboxylic acid groups (broad SMARTS) is 1. The number of sulfone groups is 1. The smallest absolute Gasteiger partial charge is 0.364 e. The number of esters is 1. The summed E-state index contributed by atoms with van der Waals surface area (Å²) in [6.07, 6.45) is 9.04. The van der Waals surface area contributed by atoms with E-state index in [0.29, 0.717) is 51.1 Å². The standard InChI is InChI=1S/C26H22ClF2N3O3.C24H21ClF2N2O3.C15H17NO3.C13H14ClF2NO.C11H9NO3.C9H10NO2S.4CH4.ClH/c27-20-6-3-4-16(26(20)29)8-9-23(33)22-10-17(28)12-32(22)25(34)14-31-13-19(24-11-30-15-35-24)18-5-1-2-7-21(18)31;25-19-6-3-4-15(24(19)27)8-9-22(31)21-10-17(26)12-29(21)23(32)13-28-11-16(14-30)18-5-1-2-7-20(18)28;1-15(2,3)19-14(18)9-16-8-11(10-17)12-6-4-5-7-13(12)16;14-10-3-1-2-8(13(10)16)4-5-12(18)11-6-9(15)7-17-11;13-7-8-5-12(6-11(14)15)10-4-2-1-3-9(8)10;1-8-3-5-9(6-4-8)13(11,12)7-10-2;;;;;/h1-7,11,13,15,17,22H,8-10,12,14H2;1-7,11,14,17,21H,8-10,12-13H2;4-8,10H,9H2,1-3H3;1-3,9,11,17H,4-7H2;1-5,7H,6H2,(H,14,15);2-6H,7H2,1H3;4*1H4;1H/q;;;;;+1;;;;;/t17-,22+;17-,21+;;9-,11+;;;;;;;/m11.1......./s1. The number of alkyl halides is 3. The number of likely N-dealkylation sites (tertiary alicyclic amines) is 2. The highest BCUT2D eigenvalue weighted by atomic mass is 35.5. The number of aldehydes is 3. The number of benzene rings is 8. The minimum Gasteiger partial charge on any atom is -0.480 e. The van der Waals surface area contributed by atoms with E-state index in [1.807, 2.05) is 88.4 Å². The topological polar surface area (TPSA) is 303 Å². The Hall–Kier alpha value is -12.8. The number of hydrogen-bond donors (Lipinski definition) is 2. The van der Waals surface area contributed by atoms with Crippen LogP contribution in [0.2, 0.25) is 15.1 Å². The van der Waals surface area contributed by atoms with Gasteiger partial charge in [0.15, 0.2) is 42.6 Å². The molecule has 0 bridgehead atoms. The van der Waals surface area contributed by atoms with Gasteiger partial charge in [0.1, 0.15) is 73.5 Å². The molecule has 24 nitrogen and oxygen atoms in total. The summed E-state index contributed by atoms with van der Waals surface area (Å²) in [5, 5.41) is 14.8. The molecule has 3 fully saturated rings. The minimum absolute atomic E-state index is 0. The van der Waals surface area contributed by atoms with E-state index in [0.717, 1.165) is 68.1 Å². The quantitative estimate of drug-likeness (QED) is 0.0289. The number of nitrogens with zero attached hydrogens (tertiary/aromatic N) is 8. The highest BCUT2D eigenvalue weighted by Crippen LogP contribution is 2.34. The monoisotopic (exact) mass is 1990 g/mol. The molecule has 3 saturated heterocycles. The van der Waals surface area contributed by atoms with E-state index in [4.69, 9.17) is 55.6 Å². The molecule has 728 valence electrons. The number of fused-ring (bicyclic) bond motifs is 4. The fourth-order valence-electron chi connectivity index (χ4n) is 15.6. The van der Waals surface area contributed by atoms with Gasteiger partial charge in [-0.2, -0.15) is 0 Å². The third-order valence-corrected chi connectivity index (χ3v) is 24.3. The van der Waals surface area contributed by atoms with Gasteiger partial charge in [-0.05, 0) is 118 Å². The molecule has 2 amide bonds. The van der Waals surface area contributed by atoms with Crippen molar-refractivity contribution in [3.8, 4) is 17.9 Å². The Morgan fingerprint density at radius 2 is 0.905 bits per heavy atom. The van der Waals surface area contributed by atoms with Crippen molar-refractivity contribution in [3.63, 3.8) is 0 Å². The highest BCUT2D eigenvalue weighted by molar-refractivity contribution is 7.91. The van der Waals surface area contributed by atoms with Crippen molar-refractivity contribution in [1.29, 1.82) is 0 Å². The highest BCUT2D eigenvalue weighted by Gasteiger charge is 2.41. The summed E-state index contributed by atoms with van der Waals surface area (Å²) in [5.41, 5.74) is 7.03. The summed E-state index contributed by atoms with van der Waals surface area (Å²) in [7, 11) is -3.32. The number of Topliss-reactive ketones (excluding diaryl/α,β-unsaturated/α-hetero) is 3. The number of ether oxygens (including phenoxy) is 1. The normalized spacial score (nSPS) is 15.6. The van der Waals surface area contributed by atoms with Crippen LogP contribution in [0.5, 0.6) is 0 Å². The summed E-state index contributed by atoms with van der Waals surface area (Å²) in [5.74, 6) is -4.10. The van der Waals surface area contributed by atoms with E-state index >= 15 is 0 Å². The van der Waals surface area contributed by atoms with Crippen molar-refractivity contribution >= 4 is 161 Å². The molecule has 8 heterocycles. The zero-order chi connectivity index (χ0) is 95.3. The molecule has 0 saturated carbocycles. The molecule has 8 aromatic carbocycles. The SMILES string of the molecule is C.C.C.C.C#[N+]CS(=O)(=O)c1ccc(C)cc1.CC(C)(C)OC(=O)Cn1cc(C=O)c2ccccc21.Cl.O=C(CCc1cccc(Cl)c1F)[C@@H]1C[C@@H](F)CN1.O=C(CCc1cccc(Cl)c1F)[C@@H]1C[C@@H](F)CN1C(=O)Cn1cc(-c2cnco2)c2ccccc21.O=Cc1cn(CC(=O)N2C[C@H](F)C[C@H]2C(=O)CCc2cccc(Cl)c2F)c2ccccc12.O=Cc1cn(CC(=O)O)c2ccccc12. The van der Waals surface area contributed by atoms with Crippen molar-refractivity contribution in [2.75, 3.05) is 25.5 Å². The number of carbonyl (C=O) groups excluding carboxylic acids is 9. The fourth-order valence-corrected chi connectivity index (χ4v) is 17.1. The summed E-state index contributed by atoms with van der Waals surface area (Å²) < 4.78 is 124. The summed E-state index contributed by atoms with van der Waals surface area (Å²) in [6.45, 7) is 11.9. The number of ketones is 3. The van der Waals surface area contributed by atoms with Gasteiger partial charge in [-0.1, -0.05) is 196 Å². The number of aliphatic carboxylic acids is 1. The van der Waals surface area contributed by atoms with Crippen LogP contribution in [0.3, 0.4) is 0 Å². The van der Waals surface area contributed by atoms with Crippen LogP contribution in [0.1, 0.15) is 142 Å². The molecule has 137 heavy (non-hydrogen) atoms. The molecule has 0 spiro atoms. The maximum Gasteiger partial charge on any atom is 0.364 e. The second-order valence-electron chi connectivity index (χ2n) is 32.4. The molecule has 3 aliphatic rings. The lowest BCUT2D eigenvalue weighted by Gasteiger charge is -2.24. The molecule has 35 heteroatoms. The average molecular weight is 1990 g/mol. The van der Waals surface area contributed by atoms with Crippen LogP contribution in [0.15, 0.2) is 223 Å². The van der Waals surface area contributed by atoms with Crippen molar-refractivity contribution in [2.24, 2.45) is 0 Å². The zero-order valence-electron chi connectivity index (χ0n) is 72.5. The van der Waals surface area contributed by atoms with E-state index in [2.05, 4.69) is 15.1 Å². The first-order chi connectivity index (χ1) is 63.1. The molecular formula is C102H110Cl4F6N9O15S+. The molecule has 5 aromatic heterocycles. The Morgan fingerprint density at radius 3 is 1.28 bits per heavy atom. The van der Waals surface area contributed by atoms with Crippen molar-refractivity contribution in [2.45, 2.75) is 189 Å². The van der Waals surface area contributed by atoms with Crippen LogP contribution in [0.25, 0.3) is 59.8 Å². The Morgan fingerprint density at radius 1 is 0.526 bits per heavy atom. The largest absolute Gasteiger partial charge is 0.480 e. The van der Waals surface area contributed by atoms with Crippen LogP contribution in [0.4, 0.5) is 26.3 Å². The minimum atomic E-state index is -3.32. The van der Waals surface area contributed by atoms with Crippen LogP contribution in [-0.2, 0) is 93.6 Å². The Balaban J connectivity index is 0.000000260. The number of carboxylic acids is 1. The molecule has 6 atom stereocenters. The molecule has 0 radical (unpaired) electrons. The maximum absolute atomic E-state index is 14.4. The molecule has 2 N–H and O–H groups in total. The Bertz CT molecular complexity index is 6560. The first kappa shape index (κ1) is 113. The molecule has 16 rings (SSSR count). The Kier molecular flexibility index (Phi) is 42.8. The predicted molar refractivity (Wildman–Crippen MR) is 524 cm³/mol. The first-order valence-corrected chi connectivity index (χ1v) is 44.6. The van der Waals surface area contributed by atoms with E-state index in [1.165, 1.54) is 34.4 Å². The molecule has 3 aliphatic heterocycles. The number of amides is 2. The Labute approximate surface area is 812 Å². The van der Waals surface area contributed by atoms with Gasteiger partial charge in [-0.25, -0.2) is 39.7 Å². The molecule has 13 aromatic rings. The van der Waals surface area contributed by atoms with Gasteiger partial charge >= 0.3 is 17.8 Å². The van der Waals surface area contributed by atoms with Gasteiger partial charge in [0.25, 0.3) is 16.4 Å². The molecule has 0 aliphatic carbocycles. The van der Waals surface area contributed by atoms with Crippen LogP contribution < -0.4 is 5.32 Å². The fraction of sp³-hybridized carbons (Fsp3) is 0.314. The number of para-hydroxylation sites is 4. The maximum atomic E-state index is 14.4. The van der Waals surface area contributed by atoms with Crippen molar-refractivity contribution < 1.29 is 97.0 Å². The van der Waals surface area contributed by atoms with Gasteiger partial charge < -0.3 is 47.6 Å². The average Bonchev–Trinajstić information content (AvgIpc) is 1.63. The number of hydrogen-bond acceptors (Lipinski definition) is 16. The predicted octanol–water partition coefficient (Wildman–Crippen LogP) is 21.3. The molecule has 0 unspecified atom stereocenters. The van der Waals surface area contributed by atoms with Gasteiger partial charge in [0.2, 0.25) is 11.8 Å². The van der Waals surface area contributed by atoms with Gasteiger partial charge in [0, 0.05) is 136 Å². The summed E-state index contributed by atoms with van der Waals surface area (Å²) in [4.78, 5) is 129.